The van der Waals surface area contributed by atoms with E-state index in [-0.39, 0.29) is 41.9 Å². The van der Waals surface area contributed by atoms with E-state index in [9.17, 15) is 14.0 Å². The van der Waals surface area contributed by atoms with Gasteiger partial charge in [0.2, 0.25) is 11.8 Å². The van der Waals surface area contributed by atoms with Gasteiger partial charge in [-0.05, 0) is 43.3 Å². The summed E-state index contributed by atoms with van der Waals surface area (Å²) in [5.74, 6) is -0.851. The van der Waals surface area contributed by atoms with E-state index in [0.29, 0.717) is 17.8 Å². The van der Waals surface area contributed by atoms with E-state index in [0.717, 1.165) is 5.56 Å². The van der Waals surface area contributed by atoms with Crippen molar-refractivity contribution in [3.63, 3.8) is 0 Å². The molecule has 142 valence electrons. The number of rotatable bonds is 4. The van der Waals surface area contributed by atoms with Crippen molar-refractivity contribution in [3.8, 4) is 0 Å². The molecule has 0 saturated carbocycles. The minimum atomic E-state index is -0.363. The maximum Gasteiger partial charge on any atom is 0.322 e. The van der Waals surface area contributed by atoms with Crippen molar-refractivity contribution >= 4 is 23.5 Å². The normalized spacial score (nSPS) is 16.4. The molecule has 1 aromatic heterocycles. The Bertz CT molecular complexity index is 1010. The molecule has 2 amide bonds. The summed E-state index contributed by atoms with van der Waals surface area (Å²) in [4.78, 5) is 26.1. The van der Waals surface area contributed by atoms with Gasteiger partial charge in [-0.3, -0.25) is 14.9 Å². The van der Waals surface area contributed by atoms with Crippen molar-refractivity contribution in [1.29, 1.82) is 0 Å². The molecule has 0 bridgehead atoms. The van der Waals surface area contributed by atoms with Gasteiger partial charge in [0.15, 0.2) is 0 Å². The number of anilines is 2. The summed E-state index contributed by atoms with van der Waals surface area (Å²) in [6.07, 6.45) is 0.199. The van der Waals surface area contributed by atoms with E-state index in [1.165, 1.54) is 12.1 Å². The molecule has 0 aliphatic carbocycles. The molecule has 1 fully saturated rings. The minimum absolute atomic E-state index is 0.0201. The van der Waals surface area contributed by atoms with Gasteiger partial charge in [0.1, 0.15) is 5.82 Å². The average molecular weight is 380 g/mol. The molecular weight excluding hydrogens is 363 g/mol. The standard InChI is InChI=1S/C20H17FN4O3/c1-12-2-4-13(5-3-12)18(27)22-20-24-23-19(28-20)14-10-17(26)25(11-14)16-8-6-15(21)7-9-16/h2-9,14H,10-11H2,1H3,(H,22,24,27)/t14-/m0/s1. The van der Waals surface area contributed by atoms with Gasteiger partial charge in [-0.1, -0.05) is 22.8 Å². The van der Waals surface area contributed by atoms with Crippen LogP contribution in [0.2, 0.25) is 0 Å². The Balaban J connectivity index is 1.44. The smallest absolute Gasteiger partial charge is 0.322 e. The quantitative estimate of drug-likeness (QED) is 0.750. The number of nitrogens with zero attached hydrogens (tertiary/aromatic N) is 3. The van der Waals surface area contributed by atoms with Gasteiger partial charge in [-0.25, -0.2) is 4.39 Å². The molecule has 1 saturated heterocycles. The number of carbonyl (C=O) groups is 2. The van der Waals surface area contributed by atoms with Crippen molar-refractivity contribution in [3.05, 3.63) is 71.4 Å². The Morgan fingerprint density at radius 1 is 1.14 bits per heavy atom. The molecular formula is C20H17FN4O3. The summed E-state index contributed by atoms with van der Waals surface area (Å²) in [6, 6.07) is 12.8. The minimum Gasteiger partial charge on any atom is -0.407 e. The van der Waals surface area contributed by atoms with Gasteiger partial charge in [-0.15, -0.1) is 5.10 Å². The van der Waals surface area contributed by atoms with Crippen LogP contribution in [0.3, 0.4) is 0 Å². The number of hydrogen-bond acceptors (Lipinski definition) is 5. The monoisotopic (exact) mass is 380 g/mol. The first-order valence-electron chi connectivity index (χ1n) is 8.77. The van der Waals surface area contributed by atoms with Gasteiger partial charge < -0.3 is 9.32 Å². The highest BCUT2D eigenvalue weighted by Crippen LogP contribution is 2.31. The molecule has 2 heterocycles. The van der Waals surface area contributed by atoms with Crippen LogP contribution in [-0.4, -0.2) is 28.6 Å². The molecule has 1 N–H and O–H groups in total. The number of aryl methyl sites for hydroxylation is 1. The second-order valence-electron chi connectivity index (χ2n) is 6.65. The number of halogens is 1. The van der Waals surface area contributed by atoms with Crippen molar-refractivity contribution in [1.82, 2.24) is 10.2 Å². The van der Waals surface area contributed by atoms with Crippen molar-refractivity contribution in [2.24, 2.45) is 0 Å². The van der Waals surface area contributed by atoms with Crippen LogP contribution in [0.5, 0.6) is 0 Å². The van der Waals surface area contributed by atoms with Crippen molar-refractivity contribution in [2.45, 2.75) is 19.3 Å². The zero-order chi connectivity index (χ0) is 19.7. The molecule has 3 aromatic rings. The average Bonchev–Trinajstić information content (AvgIpc) is 3.29. The van der Waals surface area contributed by atoms with Crippen LogP contribution in [0.25, 0.3) is 0 Å². The van der Waals surface area contributed by atoms with Crippen LogP contribution in [0.1, 0.15) is 34.2 Å². The summed E-state index contributed by atoms with van der Waals surface area (Å²) in [5, 5.41) is 10.4. The SMILES string of the molecule is Cc1ccc(C(=O)Nc2nnc([C@H]3CC(=O)N(c4ccc(F)cc4)C3)o2)cc1. The fourth-order valence-electron chi connectivity index (χ4n) is 3.07. The Morgan fingerprint density at radius 3 is 2.57 bits per heavy atom. The Kier molecular flexibility index (Phi) is 4.60. The fourth-order valence-corrected chi connectivity index (χ4v) is 3.07. The zero-order valence-electron chi connectivity index (χ0n) is 15.1. The molecule has 1 aliphatic rings. The van der Waals surface area contributed by atoms with E-state index in [1.54, 1.807) is 29.2 Å². The maximum absolute atomic E-state index is 13.1. The summed E-state index contributed by atoms with van der Waals surface area (Å²) >= 11 is 0. The third-order valence-corrected chi connectivity index (χ3v) is 4.59. The molecule has 1 atom stereocenters. The number of amides is 2. The number of benzene rings is 2. The lowest BCUT2D eigenvalue weighted by Gasteiger charge is -2.15. The van der Waals surface area contributed by atoms with Gasteiger partial charge in [0, 0.05) is 24.2 Å². The first kappa shape index (κ1) is 17.8. The lowest BCUT2D eigenvalue weighted by Crippen LogP contribution is -2.24. The second-order valence-corrected chi connectivity index (χ2v) is 6.65. The van der Waals surface area contributed by atoms with Crippen LogP contribution in [0.15, 0.2) is 52.9 Å². The fraction of sp³-hybridized carbons (Fsp3) is 0.200. The Hall–Kier alpha value is -3.55. The highest BCUT2D eigenvalue weighted by atomic mass is 19.1. The first-order valence-corrected chi connectivity index (χ1v) is 8.77. The zero-order valence-corrected chi connectivity index (χ0v) is 15.1. The molecule has 0 spiro atoms. The number of nitrogens with one attached hydrogen (secondary N) is 1. The number of carbonyl (C=O) groups excluding carboxylic acids is 2. The predicted molar refractivity (Wildman–Crippen MR) is 99.5 cm³/mol. The summed E-state index contributed by atoms with van der Waals surface area (Å²) in [7, 11) is 0. The molecule has 0 radical (unpaired) electrons. The topological polar surface area (TPSA) is 88.3 Å². The van der Waals surface area contributed by atoms with Crippen molar-refractivity contribution < 1.29 is 18.4 Å². The van der Waals surface area contributed by atoms with Crippen LogP contribution >= 0.6 is 0 Å². The van der Waals surface area contributed by atoms with E-state index in [4.69, 9.17) is 4.42 Å². The maximum atomic E-state index is 13.1. The van der Waals surface area contributed by atoms with Crippen LogP contribution in [-0.2, 0) is 4.79 Å². The van der Waals surface area contributed by atoms with Crippen LogP contribution < -0.4 is 10.2 Å². The van der Waals surface area contributed by atoms with Crippen LogP contribution in [0, 0.1) is 12.7 Å². The molecule has 7 nitrogen and oxygen atoms in total. The summed E-state index contributed by atoms with van der Waals surface area (Å²) in [5.41, 5.74) is 2.14. The third kappa shape index (κ3) is 3.62. The molecule has 28 heavy (non-hydrogen) atoms. The number of hydrogen-bond donors (Lipinski definition) is 1. The first-order chi connectivity index (χ1) is 13.5. The van der Waals surface area contributed by atoms with E-state index < -0.39 is 0 Å². The van der Waals surface area contributed by atoms with Crippen LogP contribution in [0.4, 0.5) is 16.1 Å². The van der Waals surface area contributed by atoms with Gasteiger partial charge in [0.25, 0.3) is 5.91 Å². The molecule has 2 aromatic carbocycles. The van der Waals surface area contributed by atoms with Gasteiger partial charge >= 0.3 is 6.01 Å². The largest absolute Gasteiger partial charge is 0.407 e. The summed E-state index contributed by atoms with van der Waals surface area (Å²) < 4.78 is 18.6. The highest BCUT2D eigenvalue weighted by Gasteiger charge is 2.35. The lowest BCUT2D eigenvalue weighted by atomic mass is 10.1. The molecule has 8 heteroatoms. The highest BCUT2D eigenvalue weighted by molar-refractivity contribution is 6.03. The summed E-state index contributed by atoms with van der Waals surface area (Å²) in [6.45, 7) is 2.28. The lowest BCUT2D eigenvalue weighted by molar-refractivity contribution is -0.117. The second kappa shape index (κ2) is 7.22. The van der Waals surface area contributed by atoms with Gasteiger partial charge in [0.05, 0.1) is 5.92 Å². The van der Waals surface area contributed by atoms with Gasteiger partial charge in [-0.2, -0.15) is 0 Å². The Morgan fingerprint density at radius 2 is 1.86 bits per heavy atom. The third-order valence-electron chi connectivity index (χ3n) is 4.59. The molecule has 4 rings (SSSR count). The van der Waals surface area contributed by atoms with E-state index in [1.807, 2.05) is 19.1 Å². The number of aromatic nitrogens is 2. The van der Waals surface area contributed by atoms with E-state index >= 15 is 0 Å². The van der Waals surface area contributed by atoms with E-state index in [2.05, 4.69) is 15.5 Å². The molecule has 0 unspecified atom stereocenters. The molecule has 1 aliphatic heterocycles. The predicted octanol–water partition coefficient (Wildman–Crippen LogP) is 3.29. The van der Waals surface area contributed by atoms with Crippen molar-refractivity contribution in [2.75, 3.05) is 16.8 Å². The Labute approximate surface area is 160 Å².